The molecule has 2 atom stereocenters. The third-order valence-corrected chi connectivity index (χ3v) is 3.51. The van der Waals surface area contributed by atoms with Gasteiger partial charge in [-0.05, 0) is 25.3 Å². The predicted octanol–water partition coefficient (Wildman–Crippen LogP) is 3.01. The van der Waals surface area contributed by atoms with E-state index in [1.807, 2.05) is 0 Å². The van der Waals surface area contributed by atoms with Gasteiger partial charge < -0.3 is 4.74 Å². The molecule has 0 aromatic heterocycles. The molecule has 0 aromatic rings. The van der Waals surface area contributed by atoms with Gasteiger partial charge in [-0.25, -0.2) is 4.79 Å². The molecule has 1 heterocycles. The minimum atomic E-state index is -0.298. The third kappa shape index (κ3) is 3.28. The molecule has 0 N–H and O–H groups in total. The highest BCUT2D eigenvalue weighted by atomic mass is 79.9. The fourth-order valence-corrected chi connectivity index (χ4v) is 2.39. The van der Waals surface area contributed by atoms with Crippen molar-refractivity contribution < 1.29 is 9.53 Å². The van der Waals surface area contributed by atoms with Crippen molar-refractivity contribution in [2.24, 2.45) is 10.9 Å². The number of hydrogen-bond acceptors (Lipinski definition) is 3. The molecular formula is C13H16BrNO2. The first kappa shape index (κ1) is 12.6. The number of ether oxygens (including phenoxy) is 1. The van der Waals surface area contributed by atoms with Crippen LogP contribution in [-0.2, 0) is 9.53 Å². The Bertz CT molecular complexity index is 374. The molecule has 92 valence electrons. The number of carbonyl (C=O) groups is 1. The van der Waals surface area contributed by atoms with E-state index in [0.717, 1.165) is 25.7 Å². The van der Waals surface area contributed by atoms with Crippen molar-refractivity contribution >= 4 is 27.6 Å². The van der Waals surface area contributed by atoms with Crippen LogP contribution in [0.4, 0.5) is 0 Å². The van der Waals surface area contributed by atoms with Gasteiger partial charge in [-0.15, -0.1) is 0 Å². The summed E-state index contributed by atoms with van der Waals surface area (Å²) in [4.78, 5) is 16.3. The fourth-order valence-electron chi connectivity index (χ4n) is 2.23. The van der Waals surface area contributed by atoms with E-state index in [-0.39, 0.29) is 12.0 Å². The normalized spacial score (nSPS) is 27.7. The van der Waals surface area contributed by atoms with Gasteiger partial charge in [0, 0.05) is 23.4 Å². The monoisotopic (exact) mass is 297 g/mol. The first-order valence-corrected chi connectivity index (χ1v) is 7.06. The van der Waals surface area contributed by atoms with E-state index in [1.165, 1.54) is 12.0 Å². The van der Waals surface area contributed by atoms with Crippen molar-refractivity contribution in [3.63, 3.8) is 0 Å². The molecule has 0 radical (unpaired) electrons. The molecular weight excluding hydrogens is 282 g/mol. The maximum atomic E-state index is 11.7. The molecule has 0 aromatic carbocycles. The Balaban J connectivity index is 1.96. The zero-order valence-corrected chi connectivity index (χ0v) is 11.2. The van der Waals surface area contributed by atoms with Crippen LogP contribution < -0.4 is 0 Å². The van der Waals surface area contributed by atoms with Gasteiger partial charge in [0.15, 0.2) is 0 Å². The van der Waals surface area contributed by atoms with Crippen LogP contribution in [0.1, 0.15) is 25.7 Å². The number of esters is 1. The average molecular weight is 298 g/mol. The van der Waals surface area contributed by atoms with Crippen molar-refractivity contribution in [1.82, 2.24) is 0 Å². The number of aliphatic imine (C=N–C) groups is 1. The van der Waals surface area contributed by atoms with E-state index in [2.05, 4.69) is 33.1 Å². The summed E-state index contributed by atoms with van der Waals surface area (Å²) in [6.07, 6.45) is 11.4. The summed E-state index contributed by atoms with van der Waals surface area (Å²) < 4.78 is 5.03. The third-order valence-electron chi connectivity index (χ3n) is 3.14. The molecule has 4 heteroatoms. The molecule has 0 fully saturated rings. The van der Waals surface area contributed by atoms with Gasteiger partial charge in [-0.3, -0.25) is 4.99 Å². The van der Waals surface area contributed by atoms with Crippen LogP contribution in [0.5, 0.6) is 0 Å². The highest BCUT2D eigenvalue weighted by Crippen LogP contribution is 2.28. The number of halogens is 1. The number of allylic oxidation sites excluding steroid dienone is 3. The van der Waals surface area contributed by atoms with Gasteiger partial charge in [0.1, 0.15) is 6.04 Å². The Morgan fingerprint density at radius 3 is 3.24 bits per heavy atom. The molecule has 2 unspecified atom stereocenters. The molecule has 2 aliphatic rings. The molecule has 0 spiro atoms. The lowest BCUT2D eigenvalue weighted by Crippen LogP contribution is -2.31. The lowest BCUT2D eigenvalue weighted by molar-refractivity contribution is -0.139. The van der Waals surface area contributed by atoms with Crippen LogP contribution in [-0.4, -0.2) is 23.1 Å². The minimum absolute atomic E-state index is 0.234. The number of fused-ring (bicyclic) bond motifs is 1. The van der Waals surface area contributed by atoms with Gasteiger partial charge in [-0.2, -0.15) is 0 Å². The smallest absolute Gasteiger partial charge is 0.335 e. The van der Waals surface area contributed by atoms with Crippen LogP contribution in [0.2, 0.25) is 0 Å². The maximum absolute atomic E-state index is 11.7. The number of carbonyl (C=O) groups excluding carboxylic acids is 1. The van der Waals surface area contributed by atoms with Crippen molar-refractivity contribution in [1.29, 1.82) is 0 Å². The van der Waals surface area contributed by atoms with Gasteiger partial charge in [0.2, 0.25) is 0 Å². The van der Waals surface area contributed by atoms with Crippen LogP contribution in [0.25, 0.3) is 0 Å². The second kappa shape index (κ2) is 6.15. The SMILES string of the molecule is O=C(OC=CCBr)C1CCC2CC=CCC2=N1. The van der Waals surface area contributed by atoms with Gasteiger partial charge in [0.25, 0.3) is 0 Å². The molecule has 2 rings (SSSR count). The summed E-state index contributed by atoms with van der Waals surface area (Å²) >= 11 is 3.23. The molecule has 17 heavy (non-hydrogen) atoms. The topological polar surface area (TPSA) is 38.7 Å². The fraction of sp³-hybridized carbons (Fsp3) is 0.538. The quantitative estimate of drug-likeness (QED) is 0.348. The summed E-state index contributed by atoms with van der Waals surface area (Å²) in [7, 11) is 0. The standard InChI is InChI=1S/C13H16BrNO2/c14-8-3-9-17-13(16)12-7-6-10-4-1-2-5-11(10)15-12/h1-3,9-10,12H,4-8H2. The van der Waals surface area contributed by atoms with Gasteiger partial charge in [-0.1, -0.05) is 28.1 Å². The van der Waals surface area contributed by atoms with Crippen LogP contribution in [0.3, 0.4) is 0 Å². The van der Waals surface area contributed by atoms with E-state index >= 15 is 0 Å². The number of nitrogens with zero attached hydrogens (tertiary/aromatic N) is 1. The summed E-state index contributed by atoms with van der Waals surface area (Å²) in [6.45, 7) is 0. The molecule has 0 saturated heterocycles. The van der Waals surface area contributed by atoms with Crippen LogP contribution in [0.15, 0.2) is 29.5 Å². The predicted molar refractivity (Wildman–Crippen MR) is 71.3 cm³/mol. The van der Waals surface area contributed by atoms with Crippen molar-refractivity contribution in [2.75, 3.05) is 5.33 Å². The van der Waals surface area contributed by atoms with E-state index in [1.54, 1.807) is 6.08 Å². The lowest BCUT2D eigenvalue weighted by atomic mass is 9.84. The first-order chi connectivity index (χ1) is 8.31. The second-order valence-corrected chi connectivity index (χ2v) is 4.93. The van der Waals surface area contributed by atoms with Gasteiger partial charge >= 0.3 is 5.97 Å². The van der Waals surface area contributed by atoms with E-state index in [0.29, 0.717) is 11.2 Å². The Labute approximate surface area is 110 Å². The highest BCUT2D eigenvalue weighted by molar-refractivity contribution is 9.09. The molecule has 0 amide bonds. The van der Waals surface area contributed by atoms with E-state index in [4.69, 9.17) is 4.74 Å². The molecule has 0 bridgehead atoms. The Hall–Kier alpha value is -0.900. The van der Waals surface area contributed by atoms with Gasteiger partial charge in [0.05, 0.1) is 6.26 Å². The van der Waals surface area contributed by atoms with Crippen molar-refractivity contribution in [3.8, 4) is 0 Å². The number of alkyl halides is 1. The lowest BCUT2D eigenvalue weighted by Gasteiger charge is -2.27. The number of hydrogen-bond donors (Lipinski definition) is 0. The first-order valence-electron chi connectivity index (χ1n) is 5.94. The molecule has 3 nitrogen and oxygen atoms in total. The van der Waals surface area contributed by atoms with Crippen molar-refractivity contribution in [2.45, 2.75) is 31.7 Å². The summed E-state index contributed by atoms with van der Waals surface area (Å²) in [5.41, 5.74) is 1.17. The second-order valence-electron chi connectivity index (χ2n) is 4.28. The highest BCUT2D eigenvalue weighted by Gasteiger charge is 2.29. The average Bonchev–Trinajstić information content (AvgIpc) is 2.38. The molecule has 0 saturated carbocycles. The minimum Gasteiger partial charge on any atom is -0.433 e. The Morgan fingerprint density at radius 1 is 1.53 bits per heavy atom. The van der Waals surface area contributed by atoms with Crippen LogP contribution >= 0.6 is 15.9 Å². The zero-order valence-electron chi connectivity index (χ0n) is 9.64. The zero-order chi connectivity index (χ0) is 12.1. The summed E-state index contributed by atoms with van der Waals surface area (Å²) in [6, 6.07) is -0.298. The molecule has 1 aliphatic carbocycles. The maximum Gasteiger partial charge on any atom is 0.335 e. The molecule has 1 aliphatic heterocycles. The largest absolute Gasteiger partial charge is 0.433 e. The van der Waals surface area contributed by atoms with E-state index in [9.17, 15) is 4.79 Å². The summed E-state index contributed by atoms with van der Waals surface area (Å²) in [5.74, 6) is 0.324. The van der Waals surface area contributed by atoms with Crippen LogP contribution in [0, 0.1) is 5.92 Å². The van der Waals surface area contributed by atoms with E-state index < -0.39 is 0 Å². The Kier molecular flexibility index (Phi) is 4.54. The Morgan fingerprint density at radius 2 is 2.41 bits per heavy atom. The number of rotatable bonds is 3. The van der Waals surface area contributed by atoms with Crippen molar-refractivity contribution in [3.05, 3.63) is 24.5 Å². The summed E-state index contributed by atoms with van der Waals surface area (Å²) in [5, 5.41) is 0.687.